The van der Waals surface area contributed by atoms with Crippen LogP contribution in [0.15, 0.2) is 18.2 Å². The molecule has 0 spiro atoms. The van der Waals surface area contributed by atoms with Crippen LogP contribution in [0, 0.1) is 6.92 Å². The number of nitrogen functional groups attached to an aromatic ring is 1. The Balaban J connectivity index is 2.59. The molecule has 0 aliphatic carbocycles. The second-order valence-corrected chi connectivity index (χ2v) is 2.87. The second kappa shape index (κ2) is 4.72. The first kappa shape index (κ1) is 9.86. The van der Waals surface area contributed by atoms with Crippen LogP contribution < -0.4 is 10.5 Å². The molecule has 0 aliphatic rings. The molecule has 0 saturated heterocycles. The van der Waals surface area contributed by atoms with Gasteiger partial charge in [-0.2, -0.15) is 0 Å². The molecule has 0 atom stereocenters. The third-order valence-corrected chi connectivity index (χ3v) is 1.76. The predicted molar refractivity (Wildman–Crippen MR) is 53.0 cm³/mol. The maximum atomic E-state index is 5.62. The van der Waals surface area contributed by atoms with E-state index in [0.717, 1.165) is 17.0 Å². The molecule has 3 heteroatoms. The molecular weight excluding hydrogens is 166 g/mol. The van der Waals surface area contributed by atoms with E-state index in [4.69, 9.17) is 15.2 Å². The second-order valence-electron chi connectivity index (χ2n) is 2.87. The summed E-state index contributed by atoms with van der Waals surface area (Å²) in [6.45, 7) is 3.14. The largest absolute Gasteiger partial charge is 0.491 e. The van der Waals surface area contributed by atoms with Gasteiger partial charge in [-0.05, 0) is 18.6 Å². The van der Waals surface area contributed by atoms with E-state index in [0.29, 0.717) is 13.2 Å². The van der Waals surface area contributed by atoms with Gasteiger partial charge in [0.15, 0.2) is 0 Å². The summed E-state index contributed by atoms with van der Waals surface area (Å²) in [7, 11) is 1.65. The van der Waals surface area contributed by atoms with Gasteiger partial charge in [-0.3, -0.25) is 0 Å². The minimum Gasteiger partial charge on any atom is -0.491 e. The van der Waals surface area contributed by atoms with E-state index in [2.05, 4.69) is 0 Å². The molecule has 0 radical (unpaired) electrons. The van der Waals surface area contributed by atoms with Crippen LogP contribution in [-0.4, -0.2) is 20.3 Å². The van der Waals surface area contributed by atoms with Crippen LogP contribution >= 0.6 is 0 Å². The summed E-state index contributed by atoms with van der Waals surface area (Å²) >= 11 is 0. The van der Waals surface area contributed by atoms with Crippen molar-refractivity contribution >= 4 is 5.69 Å². The highest BCUT2D eigenvalue weighted by Crippen LogP contribution is 2.20. The minimum atomic E-state index is 0.556. The average Bonchev–Trinajstić information content (AvgIpc) is 2.11. The zero-order chi connectivity index (χ0) is 9.68. The summed E-state index contributed by atoms with van der Waals surface area (Å²) in [5.41, 5.74) is 7.43. The Morgan fingerprint density at radius 3 is 2.77 bits per heavy atom. The number of anilines is 1. The standard InChI is InChI=1S/C10H15NO2/c1-8-3-4-9(11)7-10(8)13-6-5-12-2/h3-4,7H,5-6,11H2,1-2H3. The van der Waals surface area contributed by atoms with Gasteiger partial charge in [-0.1, -0.05) is 6.07 Å². The van der Waals surface area contributed by atoms with E-state index < -0.39 is 0 Å². The van der Waals surface area contributed by atoms with E-state index in [9.17, 15) is 0 Å². The molecular formula is C10H15NO2. The van der Waals surface area contributed by atoms with Crippen molar-refractivity contribution in [1.29, 1.82) is 0 Å². The van der Waals surface area contributed by atoms with Gasteiger partial charge in [-0.25, -0.2) is 0 Å². The number of nitrogens with two attached hydrogens (primary N) is 1. The minimum absolute atomic E-state index is 0.556. The summed E-state index contributed by atoms with van der Waals surface area (Å²) in [6.07, 6.45) is 0. The average molecular weight is 181 g/mol. The van der Waals surface area contributed by atoms with Crippen LogP contribution in [0.1, 0.15) is 5.56 Å². The van der Waals surface area contributed by atoms with E-state index in [-0.39, 0.29) is 0 Å². The van der Waals surface area contributed by atoms with Crippen LogP contribution in [0.3, 0.4) is 0 Å². The van der Waals surface area contributed by atoms with Gasteiger partial charge in [0, 0.05) is 18.9 Å². The Hall–Kier alpha value is -1.22. The molecule has 1 aromatic carbocycles. The molecule has 2 N–H and O–H groups in total. The number of hydrogen-bond donors (Lipinski definition) is 1. The number of aryl methyl sites for hydroxylation is 1. The topological polar surface area (TPSA) is 44.5 Å². The quantitative estimate of drug-likeness (QED) is 0.567. The first-order valence-corrected chi connectivity index (χ1v) is 4.22. The summed E-state index contributed by atoms with van der Waals surface area (Å²) in [4.78, 5) is 0. The third-order valence-electron chi connectivity index (χ3n) is 1.76. The van der Waals surface area contributed by atoms with Crippen molar-refractivity contribution in [2.75, 3.05) is 26.1 Å². The lowest BCUT2D eigenvalue weighted by Gasteiger charge is -2.08. The summed E-state index contributed by atoms with van der Waals surface area (Å²) in [5.74, 6) is 0.831. The Bertz CT molecular complexity index is 274. The van der Waals surface area contributed by atoms with Crippen molar-refractivity contribution in [2.45, 2.75) is 6.92 Å². The maximum Gasteiger partial charge on any atom is 0.124 e. The van der Waals surface area contributed by atoms with Crippen molar-refractivity contribution in [3.05, 3.63) is 23.8 Å². The highest BCUT2D eigenvalue weighted by molar-refractivity contribution is 5.47. The molecule has 1 rings (SSSR count). The zero-order valence-corrected chi connectivity index (χ0v) is 8.04. The highest BCUT2D eigenvalue weighted by Gasteiger charge is 1.98. The number of rotatable bonds is 4. The molecule has 0 unspecified atom stereocenters. The van der Waals surface area contributed by atoms with Crippen LogP contribution in [0.25, 0.3) is 0 Å². The van der Waals surface area contributed by atoms with Crippen LogP contribution in [0.5, 0.6) is 5.75 Å². The number of ether oxygens (including phenoxy) is 2. The molecule has 1 aromatic rings. The van der Waals surface area contributed by atoms with Gasteiger partial charge in [0.1, 0.15) is 12.4 Å². The van der Waals surface area contributed by atoms with Crippen LogP contribution in [0.4, 0.5) is 5.69 Å². The van der Waals surface area contributed by atoms with Crippen LogP contribution in [0.2, 0.25) is 0 Å². The molecule has 13 heavy (non-hydrogen) atoms. The third kappa shape index (κ3) is 2.95. The van der Waals surface area contributed by atoms with E-state index in [1.54, 1.807) is 7.11 Å². The van der Waals surface area contributed by atoms with Crippen molar-refractivity contribution in [1.82, 2.24) is 0 Å². The van der Waals surface area contributed by atoms with Crippen LogP contribution in [-0.2, 0) is 4.74 Å². The Kier molecular flexibility index (Phi) is 3.58. The van der Waals surface area contributed by atoms with Gasteiger partial charge in [-0.15, -0.1) is 0 Å². The fourth-order valence-electron chi connectivity index (χ4n) is 1.01. The smallest absolute Gasteiger partial charge is 0.124 e. The fraction of sp³-hybridized carbons (Fsp3) is 0.400. The lowest BCUT2D eigenvalue weighted by Crippen LogP contribution is -2.05. The number of methoxy groups -OCH3 is 1. The molecule has 0 fully saturated rings. The van der Waals surface area contributed by atoms with Crippen molar-refractivity contribution in [2.24, 2.45) is 0 Å². The number of hydrogen-bond acceptors (Lipinski definition) is 3. The van der Waals surface area contributed by atoms with Gasteiger partial charge in [0.25, 0.3) is 0 Å². The summed E-state index contributed by atoms with van der Waals surface area (Å²) < 4.78 is 10.3. The Morgan fingerprint density at radius 2 is 2.08 bits per heavy atom. The SMILES string of the molecule is COCCOc1cc(N)ccc1C. The summed E-state index contributed by atoms with van der Waals surface area (Å²) in [5, 5.41) is 0. The van der Waals surface area contributed by atoms with Gasteiger partial charge in [0.05, 0.1) is 6.61 Å². The summed E-state index contributed by atoms with van der Waals surface area (Å²) in [6, 6.07) is 5.63. The van der Waals surface area contributed by atoms with E-state index in [1.165, 1.54) is 0 Å². The lowest BCUT2D eigenvalue weighted by molar-refractivity contribution is 0.146. The molecule has 0 saturated carbocycles. The molecule has 0 heterocycles. The van der Waals surface area contributed by atoms with Gasteiger partial charge < -0.3 is 15.2 Å². The molecule has 0 amide bonds. The van der Waals surface area contributed by atoms with E-state index >= 15 is 0 Å². The lowest BCUT2D eigenvalue weighted by atomic mass is 10.2. The first-order chi connectivity index (χ1) is 6.24. The first-order valence-electron chi connectivity index (χ1n) is 4.22. The fourth-order valence-corrected chi connectivity index (χ4v) is 1.01. The maximum absolute atomic E-state index is 5.62. The highest BCUT2D eigenvalue weighted by atomic mass is 16.5. The van der Waals surface area contributed by atoms with Crippen molar-refractivity contribution < 1.29 is 9.47 Å². The Morgan fingerprint density at radius 1 is 1.31 bits per heavy atom. The number of benzene rings is 1. The van der Waals surface area contributed by atoms with Crippen molar-refractivity contribution in [3.8, 4) is 5.75 Å². The normalized spacial score (nSPS) is 10.0. The van der Waals surface area contributed by atoms with Gasteiger partial charge >= 0.3 is 0 Å². The van der Waals surface area contributed by atoms with E-state index in [1.807, 2.05) is 25.1 Å². The molecule has 0 aromatic heterocycles. The predicted octanol–water partition coefficient (Wildman–Crippen LogP) is 1.60. The molecule has 3 nitrogen and oxygen atoms in total. The molecule has 0 bridgehead atoms. The van der Waals surface area contributed by atoms with Gasteiger partial charge in [0.2, 0.25) is 0 Å². The Labute approximate surface area is 78.5 Å². The monoisotopic (exact) mass is 181 g/mol. The molecule has 72 valence electrons. The van der Waals surface area contributed by atoms with Crippen molar-refractivity contribution in [3.63, 3.8) is 0 Å². The molecule has 0 aliphatic heterocycles. The zero-order valence-electron chi connectivity index (χ0n) is 8.04.